The van der Waals surface area contributed by atoms with Crippen LogP contribution in [0.3, 0.4) is 0 Å². The lowest BCUT2D eigenvalue weighted by molar-refractivity contribution is -0.122. The van der Waals surface area contributed by atoms with Crippen LogP contribution in [0.5, 0.6) is 0 Å². The van der Waals surface area contributed by atoms with Gasteiger partial charge in [-0.3, -0.25) is 4.79 Å². The lowest BCUT2D eigenvalue weighted by Crippen LogP contribution is -2.40. The molecule has 0 aliphatic rings. The van der Waals surface area contributed by atoms with E-state index in [1.165, 1.54) is 0 Å². The first-order valence-corrected chi connectivity index (χ1v) is 7.07. The number of hydrogen-bond acceptors (Lipinski definition) is 2. The van der Waals surface area contributed by atoms with Crippen molar-refractivity contribution in [1.29, 1.82) is 0 Å². The minimum Gasteiger partial charge on any atom is -0.389 e. The molecule has 0 spiro atoms. The first-order chi connectivity index (χ1) is 9.97. The Morgan fingerprint density at radius 3 is 1.81 bits per heavy atom. The highest BCUT2D eigenvalue weighted by molar-refractivity contribution is 5.87. The number of carbonyl (C=O) groups is 1. The zero-order valence-electron chi connectivity index (χ0n) is 12.4. The first kappa shape index (κ1) is 15.3. The molecule has 2 N–H and O–H groups in total. The summed E-state index contributed by atoms with van der Waals surface area (Å²) in [5, 5.41) is 12.6. The minimum absolute atomic E-state index is 0.102. The molecular weight excluding hydrogens is 262 g/mol. The van der Waals surface area contributed by atoms with Crippen LogP contribution in [0.1, 0.15) is 30.9 Å². The van der Waals surface area contributed by atoms with E-state index in [0.29, 0.717) is 0 Å². The van der Waals surface area contributed by atoms with Crippen molar-refractivity contribution in [3.8, 4) is 0 Å². The molecule has 0 radical (unpaired) electrons. The first-order valence-electron chi connectivity index (χ1n) is 7.07. The van der Waals surface area contributed by atoms with Gasteiger partial charge in [-0.05, 0) is 25.0 Å². The topological polar surface area (TPSA) is 49.3 Å². The summed E-state index contributed by atoms with van der Waals surface area (Å²) in [5.74, 6) is -0.468. The van der Waals surface area contributed by atoms with Gasteiger partial charge in [0.25, 0.3) is 0 Å². The highest BCUT2D eigenvalue weighted by atomic mass is 16.3. The van der Waals surface area contributed by atoms with Gasteiger partial charge in [-0.15, -0.1) is 0 Å². The smallest absolute Gasteiger partial charge is 0.232 e. The number of amides is 1. The Labute approximate surface area is 125 Å². The second-order valence-electron chi connectivity index (χ2n) is 5.78. The Balaban J connectivity index is 2.27. The third kappa shape index (κ3) is 4.43. The maximum Gasteiger partial charge on any atom is 0.232 e. The second kappa shape index (κ2) is 6.55. The number of rotatable bonds is 5. The van der Waals surface area contributed by atoms with E-state index in [0.717, 1.165) is 11.1 Å². The predicted molar refractivity (Wildman–Crippen MR) is 84.0 cm³/mol. The molecule has 0 heterocycles. The monoisotopic (exact) mass is 283 g/mol. The van der Waals surface area contributed by atoms with Gasteiger partial charge in [-0.2, -0.15) is 0 Å². The predicted octanol–water partition coefficient (Wildman–Crippen LogP) is 2.71. The van der Waals surface area contributed by atoms with Crippen LogP contribution in [0.25, 0.3) is 0 Å². The number of carbonyl (C=O) groups excluding carboxylic acids is 1. The molecule has 3 nitrogen and oxygen atoms in total. The Hall–Kier alpha value is -2.13. The number of hydrogen-bond donors (Lipinski definition) is 2. The molecule has 0 saturated heterocycles. The highest BCUT2D eigenvalue weighted by Gasteiger charge is 2.24. The van der Waals surface area contributed by atoms with Gasteiger partial charge >= 0.3 is 0 Å². The van der Waals surface area contributed by atoms with E-state index in [1.807, 2.05) is 60.7 Å². The van der Waals surface area contributed by atoms with Gasteiger partial charge in [0.1, 0.15) is 0 Å². The van der Waals surface area contributed by atoms with Gasteiger partial charge in [-0.1, -0.05) is 60.7 Å². The van der Waals surface area contributed by atoms with Gasteiger partial charge in [0.15, 0.2) is 0 Å². The molecule has 2 aromatic rings. The third-order valence-electron chi connectivity index (χ3n) is 3.22. The summed E-state index contributed by atoms with van der Waals surface area (Å²) >= 11 is 0. The van der Waals surface area contributed by atoms with E-state index in [2.05, 4.69) is 5.32 Å². The molecule has 0 fully saturated rings. The van der Waals surface area contributed by atoms with Crippen molar-refractivity contribution in [2.24, 2.45) is 0 Å². The zero-order valence-corrected chi connectivity index (χ0v) is 12.4. The van der Waals surface area contributed by atoms with Crippen LogP contribution in [0.4, 0.5) is 0 Å². The molecule has 0 atom stereocenters. The molecule has 2 rings (SSSR count). The number of nitrogens with one attached hydrogen (secondary N) is 1. The molecular formula is C18H21NO2. The fourth-order valence-electron chi connectivity index (χ4n) is 2.19. The van der Waals surface area contributed by atoms with Crippen molar-refractivity contribution in [1.82, 2.24) is 5.32 Å². The van der Waals surface area contributed by atoms with Gasteiger partial charge in [0, 0.05) is 6.54 Å². The molecule has 21 heavy (non-hydrogen) atoms. The van der Waals surface area contributed by atoms with Gasteiger partial charge in [0.05, 0.1) is 11.5 Å². The molecule has 1 amide bonds. The zero-order chi connectivity index (χ0) is 15.3. The van der Waals surface area contributed by atoms with Crippen LogP contribution in [0.15, 0.2) is 60.7 Å². The van der Waals surface area contributed by atoms with Crippen LogP contribution in [-0.4, -0.2) is 23.2 Å². The lowest BCUT2D eigenvalue weighted by atomic mass is 9.90. The van der Waals surface area contributed by atoms with Crippen LogP contribution >= 0.6 is 0 Å². The van der Waals surface area contributed by atoms with E-state index in [9.17, 15) is 9.90 Å². The molecule has 0 aromatic heterocycles. The van der Waals surface area contributed by atoms with E-state index < -0.39 is 5.60 Å². The van der Waals surface area contributed by atoms with Crippen molar-refractivity contribution in [3.63, 3.8) is 0 Å². The largest absolute Gasteiger partial charge is 0.389 e. The number of aliphatic hydroxyl groups is 1. The van der Waals surface area contributed by atoms with Crippen LogP contribution in [0, 0.1) is 0 Å². The molecule has 0 bridgehead atoms. The summed E-state index contributed by atoms with van der Waals surface area (Å²) < 4.78 is 0. The standard InChI is InChI=1S/C18H21NO2/c1-18(2,21)13-19-17(20)16(14-9-5-3-6-10-14)15-11-7-4-8-12-15/h3-12,16,21H,13H2,1-2H3,(H,19,20). The lowest BCUT2D eigenvalue weighted by Gasteiger charge is -2.22. The normalized spacial score (nSPS) is 11.4. The van der Waals surface area contributed by atoms with Gasteiger partial charge < -0.3 is 10.4 Å². The van der Waals surface area contributed by atoms with E-state index in [1.54, 1.807) is 13.8 Å². The van der Waals surface area contributed by atoms with Crippen molar-refractivity contribution in [2.45, 2.75) is 25.4 Å². The summed E-state index contributed by atoms with van der Waals surface area (Å²) in [6.07, 6.45) is 0. The fourth-order valence-corrected chi connectivity index (χ4v) is 2.19. The molecule has 3 heteroatoms. The highest BCUT2D eigenvalue weighted by Crippen LogP contribution is 2.24. The Morgan fingerprint density at radius 1 is 1.00 bits per heavy atom. The van der Waals surface area contributed by atoms with Crippen LogP contribution < -0.4 is 5.32 Å². The summed E-state index contributed by atoms with van der Waals surface area (Å²) in [7, 11) is 0. The minimum atomic E-state index is -0.923. The average molecular weight is 283 g/mol. The van der Waals surface area contributed by atoms with Crippen molar-refractivity contribution in [2.75, 3.05) is 6.54 Å². The Bertz CT molecular complexity index is 534. The molecule has 0 unspecified atom stereocenters. The van der Waals surface area contributed by atoms with Crippen LogP contribution in [-0.2, 0) is 4.79 Å². The maximum absolute atomic E-state index is 12.6. The molecule has 0 aliphatic heterocycles. The SMILES string of the molecule is CC(C)(O)CNC(=O)C(c1ccccc1)c1ccccc1. The average Bonchev–Trinajstić information content (AvgIpc) is 2.47. The second-order valence-corrected chi connectivity index (χ2v) is 5.78. The fraction of sp³-hybridized carbons (Fsp3) is 0.278. The maximum atomic E-state index is 12.6. The molecule has 0 aliphatic carbocycles. The van der Waals surface area contributed by atoms with Crippen molar-refractivity contribution >= 4 is 5.91 Å². The number of benzene rings is 2. The van der Waals surface area contributed by atoms with E-state index >= 15 is 0 Å². The molecule has 2 aromatic carbocycles. The van der Waals surface area contributed by atoms with E-state index in [4.69, 9.17) is 0 Å². The molecule has 0 saturated carbocycles. The van der Waals surface area contributed by atoms with E-state index in [-0.39, 0.29) is 18.4 Å². The Morgan fingerprint density at radius 2 is 1.43 bits per heavy atom. The molecule has 110 valence electrons. The van der Waals surface area contributed by atoms with Crippen LogP contribution in [0.2, 0.25) is 0 Å². The summed E-state index contributed by atoms with van der Waals surface area (Å²) in [6, 6.07) is 19.3. The summed E-state index contributed by atoms with van der Waals surface area (Å²) in [4.78, 5) is 12.6. The van der Waals surface area contributed by atoms with Gasteiger partial charge in [-0.25, -0.2) is 0 Å². The van der Waals surface area contributed by atoms with Crippen molar-refractivity contribution < 1.29 is 9.90 Å². The quantitative estimate of drug-likeness (QED) is 0.886. The summed E-state index contributed by atoms with van der Waals surface area (Å²) in [5.41, 5.74) is 0.960. The summed E-state index contributed by atoms with van der Waals surface area (Å²) in [6.45, 7) is 3.57. The Kier molecular flexibility index (Phi) is 4.76. The van der Waals surface area contributed by atoms with Gasteiger partial charge in [0.2, 0.25) is 5.91 Å². The third-order valence-corrected chi connectivity index (χ3v) is 3.22. The van der Waals surface area contributed by atoms with Crippen molar-refractivity contribution in [3.05, 3.63) is 71.8 Å².